The predicted molar refractivity (Wildman–Crippen MR) is 79.4 cm³/mol. The standard InChI is InChI=1S/C16H22N2O3/c17-16(19)6-8-18-7-1-3-13(18)12-4-5-14-15(11-12)21-10-2-9-20-14/h4-5,11,13H,1-3,6-10H2,(H2,17,19)/t13-/m1/s1. The number of hydrogen-bond acceptors (Lipinski definition) is 4. The molecule has 0 unspecified atom stereocenters. The highest BCUT2D eigenvalue weighted by atomic mass is 16.5. The first-order valence-corrected chi connectivity index (χ1v) is 7.66. The van der Waals surface area contributed by atoms with Gasteiger partial charge in [-0.3, -0.25) is 9.69 Å². The van der Waals surface area contributed by atoms with E-state index in [4.69, 9.17) is 15.2 Å². The number of likely N-dealkylation sites (tertiary alicyclic amines) is 1. The minimum Gasteiger partial charge on any atom is -0.490 e. The highest BCUT2D eigenvalue weighted by Gasteiger charge is 2.27. The fourth-order valence-corrected chi connectivity index (χ4v) is 3.11. The summed E-state index contributed by atoms with van der Waals surface area (Å²) in [6.07, 6.45) is 3.59. The lowest BCUT2D eigenvalue weighted by molar-refractivity contribution is -0.118. The van der Waals surface area contributed by atoms with Crippen LogP contribution < -0.4 is 15.2 Å². The average molecular weight is 290 g/mol. The summed E-state index contributed by atoms with van der Waals surface area (Å²) in [5, 5.41) is 0. The molecule has 5 nitrogen and oxygen atoms in total. The van der Waals surface area contributed by atoms with Crippen molar-refractivity contribution in [2.45, 2.75) is 31.7 Å². The van der Waals surface area contributed by atoms with E-state index in [0.717, 1.165) is 43.9 Å². The van der Waals surface area contributed by atoms with Crippen molar-refractivity contribution in [1.82, 2.24) is 4.90 Å². The first-order valence-electron chi connectivity index (χ1n) is 7.66. The van der Waals surface area contributed by atoms with Crippen molar-refractivity contribution in [1.29, 1.82) is 0 Å². The number of fused-ring (bicyclic) bond motifs is 1. The number of ether oxygens (including phenoxy) is 2. The third-order valence-corrected chi connectivity index (χ3v) is 4.17. The van der Waals surface area contributed by atoms with Gasteiger partial charge in [0.05, 0.1) is 13.2 Å². The van der Waals surface area contributed by atoms with Crippen molar-refractivity contribution in [3.05, 3.63) is 23.8 Å². The summed E-state index contributed by atoms with van der Waals surface area (Å²) in [7, 11) is 0. The summed E-state index contributed by atoms with van der Waals surface area (Å²) in [6, 6.07) is 6.55. The monoisotopic (exact) mass is 290 g/mol. The van der Waals surface area contributed by atoms with E-state index in [-0.39, 0.29) is 5.91 Å². The van der Waals surface area contributed by atoms with Crippen LogP contribution in [0.5, 0.6) is 11.5 Å². The van der Waals surface area contributed by atoms with Crippen molar-refractivity contribution in [2.75, 3.05) is 26.3 Å². The molecule has 0 bridgehead atoms. The van der Waals surface area contributed by atoms with Crippen molar-refractivity contribution in [2.24, 2.45) is 5.73 Å². The number of primary amides is 1. The second-order valence-electron chi connectivity index (χ2n) is 5.67. The van der Waals surface area contributed by atoms with Gasteiger partial charge in [0.1, 0.15) is 0 Å². The fourth-order valence-electron chi connectivity index (χ4n) is 3.11. The molecule has 2 aliphatic heterocycles. The van der Waals surface area contributed by atoms with Crippen LogP contribution in [-0.2, 0) is 4.79 Å². The Morgan fingerprint density at radius 3 is 2.86 bits per heavy atom. The Kier molecular flexibility index (Phi) is 4.29. The van der Waals surface area contributed by atoms with E-state index in [1.165, 1.54) is 5.56 Å². The Morgan fingerprint density at radius 1 is 1.24 bits per heavy atom. The summed E-state index contributed by atoms with van der Waals surface area (Å²) in [5.74, 6) is 1.43. The normalized spacial score (nSPS) is 22.0. The van der Waals surface area contributed by atoms with Crippen LogP contribution in [0.25, 0.3) is 0 Å². The molecule has 21 heavy (non-hydrogen) atoms. The van der Waals surface area contributed by atoms with E-state index < -0.39 is 0 Å². The number of nitrogens with zero attached hydrogens (tertiary/aromatic N) is 1. The van der Waals surface area contributed by atoms with E-state index in [0.29, 0.717) is 25.7 Å². The number of nitrogens with two attached hydrogens (primary N) is 1. The van der Waals surface area contributed by atoms with Crippen molar-refractivity contribution >= 4 is 5.91 Å². The zero-order chi connectivity index (χ0) is 14.7. The van der Waals surface area contributed by atoms with E-state index in [1.807, 2.05) is 6.07 Å². The minimum atomic E-state index is -0.237. The van der Waals surface area contributed by atoms with Gasteiger partial charge >= 0.3 is 0 Å². The molecule has 2 heterocycles. The molecule has 1 fully saturated rings. The van der Waals surface area contributed by atoms with Crippen LogP contribution in [0.2, 0.25) is 0 Å². The van der Waals surface area contributed by atoms with Gasteiger partial charge in [-0.2, -0.15) is 0 Å². The maximum atomic E-state index is 11.0. The molecule has 0 saturated carbocycles. The zero-order valence-corrected chi connectivity index (χ0v) is 12.2. The number of benzene rings is 1. The Balaban J connectivity index is 1.76. The number of amides is 1. The van der Waals surface area contributed by atoms with Gasteiger partial charge < -0.3 is 15.2 Å². The lowest BCUT2D eigenvalue weighted by Crippen LogP contribution is -2.27. The molecule has 5 heteroatoms. The minimum absolute atomic E-state index is 0.237. The molecule has 0 aromatic heterocycles. The quantitative estimate of drug-likeness (QED) is 0.919. The van der Waals surface area contributed by atoms with Crippen LogP contribution in [0.4, 0.5) is 0 Å². The first kappa shape index (κ1) is 14.2. The highest BCUT2D eigenvalue weighted by molar-refractivity contribution is 5.73. The second kappa shape index (κ2) is 6.35. The Morgan fingerprint density at radius 2 is 2.05 bits per heavy atom. The smallest absolute Gasteiger partial charge is 0.218 e. The van der Waals surface area contributed by atoms with E-state index >= 15 is 0 Å². The largest absolute Gasteiger partial charge is 0.490 e. The fraction of sp³-hybridized carbons (Fsp3) is 0.562. The zero-order valence-electron chi connectivity index (χ0n) is 12.2. The van der Waals surface area contributed by atoms with Crippen LogP contribution in [0.15, 0.2) is 18.2 Å². The second-order valence-corrected chi connectivity index (χ2v) is 5.67. The van der Waals surface area contributed by atoms with E-state index in [1.54, 1.807) is 0 Å². The number of carbonyl (C=O) groups excluding carboxylic acids is 1. The summed E-state index contributed by atoms with van der Waals surface area (Å²) in [5.41, 5.74) is 6.50. The molecule has 1 atom stereocenters. The van der Waals surface area contributed by atoms with Gasteiger partial charge in [0.25, 0.3) is 0 Å². The summed E-state index contributed by atoms with van der Waals surface area (Å²) >= 11 is 0. The molecular weight excluding hydrogens is 268 g/mol. The van der Waals surface area contributed by atoms with E-state index in [9.17, 15) is 4.79 Å². The van der Waals surface area contributed by atoms with Crippen LogP contribution in [0.3, 0.4) is 0 Å². The van der Waals surface area contributed by atoms with E-state index in [2.05, 4.69) is 17.0 Å². The maximum Gasteiger partial charge on any atom is 0.218 e. The Bertz CT molecular complexity index is 518. The van der Waals surface area contributed by atoms with Gasteiger partial charge in [-0.15, -0.1) is 0 Å². The van der Waals surface area contributed by atoms with Gasteiger partial charge in [-0.25, -0.2) is 0 Å². The molecule has 114 valence electrons. The third kappa shape index (κ3) is 3.29. The number of rotatable bonds is 4. The SMILES string of the molecule is NC(=O)CCN1CCC[C@@H]1c1ccc2c(c1)OCCCO2. The van der Waals surface area contributed by atoms with Crippen LogP contribution in [0, 0.1) is 0 Å². The predicted octanol–water partition coefficient (Wildman–Crippen LogP) is 1.86. The third-order valence-electron chi connectivity index (χ3n) is 4.17. The molecule has 0 spiro atoms. The molecule has 0 radical (unpaired) electrons. The molecule has 1 saturated heterocycles. The Labute approximate surface area is 125 Å². The molecule has 1 aromatic rings. The van der Waals surface area contributed by atoms with Crippen molar-refractivity contribution in [3.63, 3.8) is 0 Å². The molecule has 2 aliphatic rings. The number of hydrogen-bond donors (Lipinski definition) is 1. The summed E-state index contributed by atoms with van der Waals surface area (Å²) in [6.45, 7) is 3.16. The average Bonchev–Trinajstić information content (AvgIpc) is 2.82. The lowest BCUT2D eigenvalue weighted by Gasteiger charge is -2.25. The topological polar surface area (TPSA) is 64.8 Å². The molecule has 3 rings (SSSR count). The van der Waals surface area contributed by atoms with Crippen molar-refractivity contribution < 1.29 is 14.3 Å². The molecule has 1 aromatic carbocycles. The first-order chi connectivity index (χ1) is 10.2. The lowest BCUT2D eigenvalue weighted by atomic mass is 10.0. The molecular formula is C16H22N2O3. The van der Waals surface area contributed by atoms with Gasteiger partial charge in [-0.1, -0.05) is 6.07 Å². The van der Waals surface area contributed by atoms with Gasteiger partial charge in [0, 0.05) is 25.4 Å². The van der Waals surface area contributed by atoms with Gasteiger partial charge in [-0.05, 0) is 37.1 Å². The van der Waals surface area contributed by atoms with Crippen LogP contribution in [0.1, 0.15) is 37.3 Å². The highest BCUT2D eigenvalue weighted by Crippen LogP contribution is 2.37. The molecule has 0 aliphatic carbocycles. The number of carbonyl (C=O) groups is 1. The maximum absolute atomic E-state index is 11.0. The summed E-state index contributed by atoms with van der Waals surface area (Å²) < 4.78 is 11.4. The van der Waals surface area contributed by atoms with Crippen LogP contribution in [-0.4, -0.2) is 37.1 Å². The molecule has 1 amide bonds. The summed E-state index contributed by atoms with van der Waals surface area (Å²) in [4.78, 5) is 13.3. The molecule has 2 N–H and O–H groups in total. The van der Waals surface area contributed by atoms with Crippen LogP contribution >= 0.6 is 0 Å². The van der Waals surface area contributed by atoms with Crippen molar-refractivity contribution in [3.8, 4) is 11.5 Å². The van der Waals surface area contributed by atoms with Gasteiger partial charge in [0.15, 0.2) is 11.5 Å². The van der Waals surface area contributed by atoms with Gasteiger partial charge in [0.2, 0.25) is 5.91 Å². The Hall–Kier alpha value is -1.75.